The van der Waals surface area contributed by atoms with E-state index in [-0.39, 0.29) is 5.82 Å². The number of hydrogen-bond donors (Lipinski definition) is 0. The molecule has 2 aromatic rings. The fraction of sp³-hybridized carbons (Fsp3) is 0.586. The Labute approximate surface area is 183 Å². The zero-order valence-electron chi connectivity index (χ0n) is 19.0. The average Bonchev–Trinajstić information content (AvgIpc) is 2.80. The van der Waals surface area contributed by atoms with Crippen LogP contribution in [0.5, 0.6) is 0 Å². The van der Waals surface area contributed by atoms with Crippen molar-refractivity contribution in [3.8, 4) is 0 Å². The lowest BCUT2D eigenvalue weighted by Gasteiger charge is -2.37. The first kappa shape index (κ1) is 21.6. The number of rotatable bonds is 6. The van der Waals surface area contributed by atoms with Gasteiger partial charge in [-0.05, 0) is 104 Å². The minimum atomic E-state index is 0.0398. The van der Waals surface area contributed by atoms with Crippen LogP contribution in [0.25, 0.3) is 10.8 Å². The molecular weight excluding hydrogens is 367 g/mol. The molecule has 0 aromatic heterocycles. The van der Waals surface area contributed by atoms with E-state index in [9.17, 15) is 0 Å². The van der Waals surface area contributed by atoms with Gasteiger partial charge in [-0.3, -0.25) is 0 Å². The van der Waals surface area contributed by atoms with Gasteiger partial charge in [-0.15, -0.1) is 0 Å². The van der Waals surface area contributed by atoms with Crippen molar-refractivity contribution in [2.45, 2.75) is 90.4 Å². The number of halogens is 1. The van der Waals surface area contributed by atoms with Crippen LogP contribution in [-0.4, -0.2) is 0 Å². The number of benzene rings is 2. The standard InChI is InChI=1S/C29H39F/c1-3-5-6-7-22-8-11-23(12-9-22)24-13-15-25(16-14-24)27-19-17-26-20-21(4-2)10-18-28(26)29(27)30/h6-7,10,17-20,22-25H,3-5,8-9,11-16H2,1-2H3/b7-6+. The van der Waals surface area contributed by atoms with E-state index in [0.29, 0.717) is 5.92 Å². The second-order valence-corrected chi connectivity index (χ2v) is 9.88. The molecule has 0 radical (unpaired) electrons. The Balaban J connectivity index is 1.34. The van der Waals surface area contributed by atoms with Gasteiger partial charge >= 0.3 is 0 Å². The molecule has 0 spiro atoms. The quantitative estimate of drug-likeness (QED) is 0.420. The highest BCUT2D eigenvalue weighted by molar-refractivity contribution is 5.84. The molecule has 2 aliphatic rings. The third kappa shape index (κ3) is 4.82. The number of aryl methyl sites for hydroxylation is 1. The van der Waals surface area contributed by atoms with Crippen molar-refractivity contribution in [1.82, 2.24) is 0 Å². The van der Waals surface area contributed by atoms with E-state index < -0.39 is 0 Å². The molecule has 0 nitrogen and oxygen atoms in total. The summed E-state index contributed by atoms with van der Waals surface area (Å²) >= 11 is 0. The lowest BCUT2D eigenvalue weighted by Crippen LogP contribution is -2.25. The third-order valence-electron chi connectivity index (χ3n) is 8.02. The maximum absolute atomic E-state index is 15.3. The van der Waals surface area contributed by atoms with Crippen LogP contribution in [0, 0.1) is 23.6 Å². The Bertz CT molecular complexity index is 848. The lowest BCUT2D eigenvalue weighted by molar-refractivity contribution is 0.171. The van der Waals surface area contributed by atoms with Gasteiger partial charge in [0, 0.05) is 5.39 Å². The minimum Gasteiger partial charge on any atom is -0.206 e. The number of allylic oxidation sites excluding steroid dienone is 2. The topological polar surface area (TPSA) is 0 Å². The van der Waals surface area contributed by atoms with Gasteiger partial charge in [0.25, 0.3) is 0 Å². The number of unbranched alkanes of at least 4 members (excludes halogenated alkanes) is 1. The Hall–Kier alpha value is -1.63. The molecule has 0 N–H and O–H groups in total. The third-order valence-corrected chi connectivity index (χ3v) is 8.02. The Morgan fingerprint density at radius 2 is 1.57 bits per heavy atom. The summed E-state index contributed by atoms with van der Waals surface area (Å²) in [6.07, 6.45) is 18.8. The van der Waals surface area contributed by atoms with Gasteiger partial charge in [0.1, 0.15) is 5.82 Å². The smallest absolute Gasteiger partial charge is 0.134 e. The second kappa shape index (κ2) is 10.1. The van der Waals surface area contributed by atoms with Crippen LogP contribution in [0.15, 0.2) is 42.5 Å². The second-order valence-electron chi connectivity index (χ2n) is 9.88. The summed E-state index contributed by atoms with van der Waals surface area (Å²) in [5.74, 6) is 3.06. The lowest BCUT2D eigenvalue weighted by atomic mass is 9.68. The maximum Gasteiger partial charge on any atom is 0.134 e. The molecule has 30 heavy (non-hydrogen) atoms. The van der Waals surface area contributed by atoms with Crippen LogP contribution >= 0.6 is 0 Å². The molecule has 2 aromatic carbocycles. The molecule has 2 fully saturated rings. The molecule has 0 amide bonds. The Morgan fingerprint density at radius 3 is 2.23 bits per heavy atom. The molecule has 162 valence electrons. The van der Waals surface area contributed by atoms with E-state index in [0.717, 1.165) is 53.4 Å². The van der Waals surface area contributed by atoms with Crippen LogP contribution in [0.1, 0.15) is 95.1 Å². The van der Waals surface area contributed by atoms with Crippen LogP contribution in [0.3, 0.4) is 0 Å². The van der Waals surface area contributed by atoms with Crippen LogP contribution < -0.4 is 0 Å². The molecule has 0 atom stereocenters. The zero-order valence-corrected chi connectivity index (χ0v) is 19.0. The summed E-state index contributed by atoms with van der Waals surface area (Å²) in [6, 6.07) is 10.4. The minimum absolute atomic E-state index is 0.0398. The molecule has 0 saturated heterocycles. The summed E-state index contributed by atoms with van der Waals surface area (Å²) < 4.78 is 15.3. The van der Waals surface area contributed by atoms with E-state index in [1.165, 1.54) is 56.9 Å². The van der Waals surface area contributed by atoms with Gasteiger partial charge in [-0.25, -0.2) is 4.39 Å². The highest BCUT2D eigenvalue weighted by atomic mass is 19.1. The van der Waals surface area contributed by atoms with E-state index in [1.807, 2.05) is 6.07 Å². The number of fused-ring (bicyclic) bond motifs is 1. The van der Waals surface area contributed by atoms with Gasteiger partial charge in [0.2, 0.25) is 0 Å². The first-order chi connectivity index (χ1) is 14.7. The molecule has 1 heteroatoms. The van der Waals surface area contributed by atoms with Gasteiger partial charge in [-0.1, -0.05) is 62.8 Å². The molecule has 0 heterocycles. The summed E-state index contributed by atoms with van der Waals surface area (Å²) in [5, 5.41) is 1.86. The largest absolute Gasteiger partial charge is 0.206 e. The zero-order chi connectivity index (χ0) is 20.9. The van der Waals surface area contributed by atoms with Crippen molar-refractivity contribution >= 4 is 10.8 Å². The summed E-state index contributed by atoms with van der Waals surface area (Å²) in [4.78, 5) is 0. The monoisotopic (exact) mass is 406 g/mol. The van der Waals surface area contributed by atoms with Crippen molar-refractivity contribution in [1.29, 1.82) is 0 Å². The van der Waals surface area contributed by atoms with Crippen molar-refractivity contribution in [2.24, 2.45) is 17.8 Å². The molecule has 2 saturated carbocycles. The molecule has 0 unspecified atom stereocenters. The summed E-state index contributed by atoms with van der Waals surface area (Å²) in [7, 11) is 0. The molecule has 0 aliphatic heterocycles. The fourth-order valence-electron chi connectivity index (χ4n) is 6.06. The van der Waals surface area contributed by atoms with Crippen LogP contribution in [-0.2, 0) is 6.42 Å². The van der Waals surface area contributed by atoms with Crippen molar-refractivity contribution in [3.63, 3.8) is 0 Å². The first-order valence-corrected chi connectivity index (χ1v) is 12.6. The Kier molecular flexibility index (Phi) is 7.28. The van der Waals surface area contributed by atoms with Crippen molar-refractivity contribution in [3.05, 3.63) is 59.4 Å². The summed E-state index contributed by atoms with van der Waals surface area (Å²) in [6.45, 7) is 4.41. The highest BCUT2D eigenvalue weighted by Gasteiger charge is 2.31. The summed E-state index contributed by atoms with van der Waals surface area (Å²) in [5.41, 5.74) is 2.25. The van der Waals surface area contributed by atoms with E-state index in [1.54, 1.807) is 0 Å². The number of hydrogen-bond acceptors (Lipinski definition) is 0. The van der Waals surface area contributed by atoms with Gasteiger partial charge < -0.3 is 0 Å². The molecule has 0 bridgehead atoms. The van der Waals surface area contributed by atoms with Crippen LogP contribution in [0.2, 0.25) is 0 Å². The highest BCUT2D eigenvalue weighted by Crippen LogP contribution is 2.45. The van der Waals surface area contributed by atoms with Crippen molar-refractivity contribution < 1.29 is 4.39 Å². The van der Waals surface area contributed by atoms with E-state index >= 15 is 4.39 Å². The molecule has 4 rings (SSSR count). The predicted molar refractivity (Wildman–Crippen MR) is 127 cm³/mol. The average molecular weight is 407 g/mol. The van der Waals surface area contributed by atoms with Gasteiger partial charge in [-0.2, -0.15) is 0 Å². The maximum atomic E-state index is 15.3. The predicted octanol–water partition coefficient (Wildman–Crippen LogP) is 8.98. The van der Waals surface area contributed by atoms with Crippen LogP contribution in [0.4, 0.5) is 4.39 Å². The first-order valence-electron chi connectivity index (χ1n) is 12.6. The van der Waals surface area contributed by atoms with Crippen molar-refractivity contribution in [2.75, 3.05) is 0 Å². The SMILES string of the molecule is CCC/C=C/C1CCC(C2CCC(c3ccc4cc(CC)ccc4c3F)CC2)CC1. The normalized spacial score (nSPS) is 27.7. The van der Waals surface area contributed by atoms with E-state index in [4.69, 9.17) is 0 Å². The molecule has 2 aliphatic carbocycles. The Morgan fingerprint density at radius 1 is 0.867 bits per heavy atom. The van der Waals surface area contributed by atoms with E-state index in [2.05, 4.69) is 50.3 Å². The van der Waals surface area contributed by atoms with Gasteiger partial charge in [0.15, 0.2) is 0 Å². The van der Waals surface area contributed by atoms with Gasteiger partial charge in [0.05, 0.1) is 0 Å². The molecular formula is C29H39F. The fourth-order valence-corrected chi connectivity index (χ4v) is 6.06.